The number of rotatable bonds is 3. The lowest BCUT2D eigenvalue weighted by Gasteiger charge is -2.27. The van der Waals surface area contributed by atoms with Crippen LogP contribution in [0.25, 0.3) is 0 Å². The molecule has 2 N–H and O–H groups in total. The fourth-order valence-corrected chi connectivity index (χ4v) is 2.48. The maximum absolute atomic E-state index is 12.3. The van der Waals surface area contributed by atoms with Crippen LogP contribution in [0.15, 0.2) is 18.2 Å². The van der Waals surface area contributed by atoms with E-state index in [9.17, 15) is 4.79 Å². The van der Waals surface area contributed by atoms with Gasteiger partial charge in [0.15, 0.2) is 0 Å². The monoisotopic (exact) mass is 282 g/mol. The van der Waals surface area contributed by atoms with Gasteiger partial charge in [0.25, 0.3) is 5.91 Å². The Hall–Kier alpha value is -1.26. The van der Waals surface area contributed by atoms with Gasteiger partial charge < -0.3 is 15.4 Å². The number of benzene rings is 1. The second-order valence-electron chi connectivity index (χ2n) is 5.01. The van der Waals surface area contributed by atoms with Crippen LogP contribution in [0.4, 0.5) is 5.69 Å². The number of halogens is 1. The van der Waals surface area contributed by atoms with Gasteiger partial charge in [0.1, 0.15) is 0 Å². The largest absolute Gasteiger partial charge is 0.398 e. The van der Waals surface area contributed by atoms with E-state index < -0.39 is 0 Å². The summed E-state index contributed by atoms with van der Waals surface area (Å²) in [6, 6.07) is 4.98. The van der Waals surface area contributed by atoms with Gasteiger partial charge in [-0.2, -0.15) is 0 Å². The molecular formula is C14H19ClN2O2. The quantitative estimate of drug-likeness (QED) is 0.866. The average molecular weight is 283 g/mol. The number of ether oxygens (including phenoxy) is 1. The van der Waals surface area contributed by atoms with Gasteiger partial charge in [-0.3, -0.25) is 4.79 Å². The third-order valence-electron chi connectivity index (χ3n) is 3.38. The van der Waals surface area contributed by atoms with Crippen molar-refractivity contribution in [2.45, 2.75) is 12.8 Å². The van der Waals surface area contributed by atoms with Crippen LogP contribution in [0.5, 0.6) is 0 Å². The van der Waals surface area contributed by atoms with Gasteiger partial charge in [-0.1, -0.05) is 11.6 Å². The molecule has 0 radical (unpaired) electrons. The van der Waals surface area contributed by atoms with Crippen molar-refractivity contribution in [3.05, 3.63) is 28.8 Å². The van der Waals surface area contributed by atoms with Gasteiger partial charge >= 0.3 is 0 Å². The zero-order valence-electron chi connectivity index (χ0n) is 11.1. The predicted octanol–water partition coefficient (Wildman–Crippen LogP) is 2.42. The summed E-state index contributed by atoms with van der Waals surface area (Å²) in [5.74, 6) is 0.388. The van der Waals surface area contributed by atoms with E-state index in [-0.39, 0.29) is 5.91 Å². The SMILES string of the molecule is CN(CC1CCCOC1)C(=O)c1ccc(N)c(Cl)c1. The Labute approximate surface area is 118 Å². The highest BCUT2D eigenvalue weighted by Crippen LogP contribution is 2.21. The Kier molecular flexibility index (Phi) is 4.66. The average Bonchev–Trinajstić information content (AvgIpc) is 2.42. The summed E-state index contributed by atoms with van der Waals surface area (Å²) >= 11 is 5.94. The first-order valence-corrected chi connectivity index (χ1v) is 6.84. The third-order valence-corrected chi connectivity index (χ3v) is 3.71. The zero-order valence-corrected chi connectivity index (χ0v) is 11.8. The number of carbonyl (C=O) groups excluding carboxylic acids is 1. The molecule has 0 bridgehead atoms. The molecule has 1 aliphatic rings. The van der Waals surface area contributed by atoms with E-state index >= 15 is 0 Å². The van der Waals surface area contributed by atoms with E-state index in [4.69, 9.17) is 22.1 Å². The number of anilines is 1. The molecule has 1 heterocycles. The molecule has 4 nitrogen and oxygen atoms in total. The minimum Gasteiger partial charge on any atom is -0.398 e. The van der Waals surface area contributed by atoms with E-state index in [1.807, 2.05) is 0 Å². The van der Waals surface area contributed by atoms with Crippen molar-refractivity contribution in [2.75, 3.05) is 32.5 Å². The van der Waals surface area contributed by atoms with Gasteiger partial charge in [-0.25, -0.2) is 0 Å². The number of hydrogen-bond acceptors (Lipinski definition) is 3. The molecule has 1 fully saturated rings. The fourth-order valence-electron chi connectivity index (χ4n) is 2.30. The summed E-state index contributed by atoms with van der Waals surface area (Å²) in [6.45, 7) is 2.28. The molecular weight excluding hydrogens is 264 g/mol. The van der Waals surface area contributed by atoms with Crippen LogP contribution < -0.4 is 5.73 Å². The minimum atomic E-state index is -0.0347. The molecule has 19 heavy (non-hydrogen) atoms. The van der Waals surface area contributed by atoms with E-state index in [0.717, 1.165) is 26.1 Å². The number of hydrogen-bond donors (Lipinski definition) is 1. The van der Waals surface area contributed by atoms with Crippen molar-refractivity contribution in [3.8, 4) is 0 Å². The second-order valence-corrected chi connectivity index (χ2v) is 5.41. The molecule has 1 unspecified atom stereocenters. The van der Waals surface area contributed by atoms with Crippen LogP contribution >= 0.6 is 11.6 Å². The fraction of sp³-hybridized carbons (Fsp3) is 0.500. The van der Waals surface area contributed by atoms with Crippen molar-refractivity contribution >= 4 is 23.2 Å². The summed E-state index contributed by atoms with van der Waals surface area (Å²) in [6.07, 6.45) is 2.18. The third kappa shape index (κ3) is 3.61. The normalized spacial score (nSPS) is 19.2. The molecule has 0 aromatic heterocycles. The van der Waals surface area contributed by atoms with Crippen molar-refractivity contribution in [1.29, 1.82) is 0 Å². The van der Waals surface area contributed by atoms with Crippen LogP contribution in [0, 0.1) is 5.92 Å². The topological polar surface area (TPSA) is 55.6 Å². The highest BCUT2D eigenvalue weighted by molar-refractivity contribution is 6.33. The maximum atomic E-state index is 12.3. The molecule has 1 aliphatic heterocycles. The Balaban J connectivity index is 1.99. The lowest BCUT2D eigenvalue weighted by atomic mass is 10.0. The number of carbonyl (C=O) groups is 1. The molecule has 104 valence electrons. The Morgan fingerprint density at radius 2 is 2.37 bits per heavy atom. The zero-order chi connectivity index (χ0) is 13.8. The standard InChI is InChI=1S/C14H19ClN2O2/c1-17(8-10-3-2-6-19-9-10)14(18)11-4-5-13(16)12(15)7-11/h4-5,7,10H,2-3,6,8-9,16H2,1H3. The highest BCUT2D eigenvalue weighted by atomic mass is 35.5. The lowest BCUT2D eigenvalue weighted by molar-refractivity contribution is 0.0388. The van der Waals surface area contributed by atoms with Gasteiger partial charge in [-0.05, 0) is 37.0 Å². The van der Waals surface area contributed by atoms with E-state index in [0.29, 0.717) is 28.7 Å². The van der Waals surface area contributed by atoms with Crippen LogP contribution in [0.1, 0.15) is 23.2 Å². The van der Waals surface area contributed by atoms with Gasteiger partial charge in [0.05, 0.1) is 17.3 Å². The number of nitrogens with two attached hydrogens (primary N) is 1. The Morgan fingerprint density at radius 1 is 1.58 bits per heavy atom. The van der Waals surface area contributed by atoms with Crippen molar-refractivity contribution in [1.82, 2.24) is 4.90 Å². The smallest absolute Gasteiger partial charge is 0.253 e. The molecule has 0 saturated carbocycles. The summed E-state index contributed by atoms with van der Waals surface area (Å²) in [4.78, 5) is 14.0. The number of amides is 1. The molecule has 1 aromatic carbocycles. The van der Waals surface area contributed by atoms with Crippen LogP contribution in [0.2, 0.25) is 5.02 Å². The molecule has 0 aliphatic carbocycles. The van der Waals surface area contributed by atoms with Crippen LogP contribution in [-0.2, 0) is 4.74 Å². The van der Waals surface area contributed by atoms with Crippen LogP contribution in [0.3, 0.4) is 0 Å². The van der Waals surface area contributed by atoms with Gasteiger partial charge in [0.2, 0.25) is 0 Å². The van der Waals surface area contributed by atoms with E-state index in [1.54, 1.807) is 30.1 Å². The van der Waals surface area contributed by atoms with E-state index in [1.165, 1.54) is 0 Å². The molecule has 2 rings (SSSR count). The van der Waals surface area contributed by atoms with Gasteiger partial charge in [0, 0.05) is 25.8 Å². The molecule has 1 saturated heterocycles. The first-order valence-electron chi connectivity index (χ1n) is 6.46. The van der Waals surface area contributed by atoms with Crippen molar-refractivity contribution in [3.63, 3.8) is 0 Å². The summed E-state index contributed by atoms with van der Waals surface area (Å²) in [5, 5.41) is 0.417. The molecule has 1 amide bonds. The lowest BCUT2D eigenvalue weighted by Crippen LogP contribution is -2.35. The van der Waals surface area contributed by atoms with Crippen molar-refractivity contribution in [2.24, 2.45) is 5.92 Å². The minimum absolute atomic E-state index is 0.0347. The molecule has 5 heteroatoms. The number of nitrogen functional groups attached to an aromatic ring is 1. The Morgan fingerprint density at radius 3 is 3.00 bits per heavy atom. The molecule has 0 spiro atoms. The maximum Gasteiger partial charge on any atom is 0.253 e. The Bertz CT molecular complexity index is 459. The first kappa shape index (κ1) is 14.2. The second kappa shape index (κ2) is 6.26. The number of nitrogens with zero attached hydrogens (tertiary/aromatic N) is 1. The molecule has 1 atom stereocenters. The first-order chi connectivity index (χ1) is 9.08. The summed E-state index contributed by atoms with van der Waals surface area (Å²) < 4.78 is 5.43. The molecule has 1 aromatic rings. The summed E-state index contributed by atoms with van der Waals surface area (Å²) in [5.41, 5.74) is 6.70. The van der Waals surface area contributed by atoms with E-state index in [2.05, 4.69) is 0 Å². The van der Waals surface area contributed by atoms with Crippen molar-refractivity contribution < 1.29 is 9.53 Å². The van der Waals surface area contributed by atoms with Crippen LogP contribution in [-0.4, -0.2) is 37.6 Å². The summed E-state index contributed by atoms with van der Waals surface area (Å²) in [7, 11) is 1.81. The van der Waals surface area contributed by atoms with Gasteiger partial charge in [-0.15, -0.1) is 0 Å². The predicted molar refractivity (Wildman–Crippen MR) is 76.4 cm³/mol. The highest BCUT2D eigenvalue weighted by Gasteiger charge is 2.19.